The molecule has 0 saturated heterocycles. The van der Waals surface area contributed by atoms with E-state index in [1.807, 2.05) is 6.07 Å². The molecule has 0 aliphatic heterocycles. The fourth-order valence-electron chi connectivity index (χ4n) is 1.39. The summed E-state index contributed by atoms with van der Waals surface area (Å²) in [6.07, 6.45) is 0. The standard InChI is InChI=1S/C11H9FN4OS/c1-16-10(17)14-15-11(16)18-6-8-4-9(12)3-2-7(8)5-13/h2-4H,6H2,1H3,(H,14,17). The van der Waals surface area contributed by atoms with Crippen LogP contribution in [0.2, 0.25) is 0 Å². The summed E-state index contributed by atoms with van der Waals surface area (Å²) < 4.78 is 14.5. The number of hydrogen-bond donors (Lipinski definition) is 1. The van der Waals surface area contributed by atoms with Gasteiger partial charge in [-0.15, -0.1) is 5.10 Å². The Bertz CT molecular complexity index is 670. The van der Waals surface area contributed by atoms with Crippen molar-refractivity contribution in [2.75, 3.05) is 0 Å². The molecular weight excluding hydrogens is 255 g/mol. The van der Waals surface area contributed by atoms with Crippen LogP contribution in [0.5, 0.6) is 0 Å². The van der Waals surface area contributed by atoms with Crippen LogP contribution < -0.4 is 5.69 Å². The summed E-state index contributed by atoms with van der Waals surface area (Å²) in [4.78, 5) is 11.1. The molecule has 0 unspecified atom stereocenters. The minimum absolute atomic E-state index is 0.308. The Morgan fingerprint density at radius 1 is 1.61 bits per heavy atom. The molecule has 1 N–H and O–H groups in total. The molecule has 1 aromatic heterocycles. The number of rotatable bonds is 3. The second-order valence-electron chi connectivity index (χ2n) is 3.57. The zero-order chi connectivity index (χ0) is 13.1. The van der Waals surface area contributed by atoms with Gasteiger partial charge in [0.05, 0.1) is 11.6 Å². The monoisotopic (exact) mass is 264 g/mol. The number of nitrogens with zero attached hydrogens (tertiary/aromatic N) is 3. The highest BCUT2D eigenvalue weighted by Crippen LogP contribution is 2.22. The van der Waals surface area contributed by atoms with Gasteiger partial charge in [-0.3, -0.25) is 4.57 Å². The number of nitrogens with one attached hydrogen (secondary N) is 1. The van der Waals surface area contributed by atoms with E-state index in [1.165, 1.54) is 34.5 Å². The van der Waals surface area contributed by atoms with Gasteiger partial charge in [0.2, 0.25) is 0 Å². The van der Waals surface area contributed by atoms with E-state index in [0.717, 1.165) is 0 Å². The summed E-state index contributed by atoms with van der Waals surface area (Å²) in [5.74, 6) is -0.0146. The number of thioether (sulfide) groups is 1. The van der Waals surface area contributed by atoms with Crippen LogP contribution in [0.1, 0.15) is 11.1 Å². The van der Waals surface area contributed by atoms with Crippen molar-refractivity contribution in [3.05, 3.63) is 45.6 Å². The van der Waals surface area contributed by atoms with E-state index in [1.54, 1.807) is 7.05 Å². The molecule has 7 heteroatoms. The van der Waals surface area contributed by atoms with Crippen molar-refractivity contribution in [3.8, 4) is 6.07 Å². The summed E-state index contributed by atoms with van der Waals surface area (Å²) in [5.41, 5.74) is 0.694. The Kier molecular flexibility index (Phi) is 3.48. The van der Waals surface area contributed by atoms with Crippen LogP contribution in [0.25, 0.3) is 0 Å². The second kappa shape index (κ2) is 5.06. The third-order valence-corrected chi connectivity index (χ3v) is 3.46. The summed E-state index contributed by atoms with van der Waals surface area (Å²) in [7, 11) is 1.59. The quantitative estimate of drug-likeness (QED) is 0.851. The average Bonchev–Trinajstić information content (AvgIpc) is 2.68. The first-order chi connectivity index (χ1) is 8.61. The molecular formula is C11H9FN4OS. The van der Waals surface area contributed by atoms with Gasteiger partial charge in [-0.25, -0.2) is 14.3 Å². The van der Waals surface area contributed by atoms with E-state index in [2.05, 4.69) is 10.2 Å². The minimum Gasteiger partial charge on any atom is -0.273 e. The summed E-state index contributed by atoms with van der Waals surface area (Å²) in [6.45, 7) is 0. The Morgan fingerprint density at radius 2 is 2.39 bits per heavy atom. The van der Waals surface area contributed by atoms with Crippen molar-refractivity contribution in [2.45, 2.75) is 10.9 Å². The lowest BCUT2D eigenvalue weighted by atomic mass is 10.1. The molecule has 0 spiro atoms. The Labute approximate surface area is 106 Å². The molecule has 0 fully saturated rings. The predicted molar refractivity (Wildman–Crippen MR) is 64.5 cm³/mol. The van der Waals surface area contributed by atoms with Gasteiger partial charge in [0.15, 0.2) is 5.16 Å². The molecule has 0 saturated carbocycles. The van der Waals surface area contributed by atoms with Crippen LogP contribution in [-0.2, 0) is 12.8 Å². The van der Waals surface area contributed by atoms with Crippen LogP contribution in [0, 0.1) is 17.1 Å². The topological polar surface area (TPSA) is 74.5 Å². The van der Waals surface area contributed by atoms with Crippen LogP contribution >= 0.6 is 11.8 Å². The summed E-state index contributed by atoms with van der Waals surface area (Å²) in [5, 5.41) is 15.5. The van der Waals surface area contributed by atoms with Crippen LogP contribution in [-0.4, -0.2) is 14.8 Å². The first kappa shape index (κ1) is 12.4. The zero-order valence-electron chi connectivity index (χ0n) is 9.48. The van der Waals surface area contributed by atoms with E-state index < -0.39 is 0 Å². The van der Waals surface area contributed by atoms with Gasteiger partial charge in [-0.05, 0) is 23.8 Å². The smallest absolute Gasteiger partial charge is 0.273 e. The molecule has 0 amide bonds. The number of H-pyrrole nitrogens is 1. The van der Waals surface area contributed by atoms with E-state index in [-0.39, 0.29) is 11.5 Å². The average molecular weight is 264 g/mol. The molecule has 1 heterocycles. The molecule has 0 aliphatic rings. The second-order valence-corrected chi connectivity index (χ2v) is 4.51. The number of nitriles is 1. The molecule has 1 aromatic carbocycles. The Balaban J connectivity index is 2.20. The highest BCUT2D eigenvalue weighted by Gasteiger charge is 2.08. The molecule has 2 rings (SSSR count). The van der Waals surface area contributed by atoms with Gasteiger partial charge in [0.1, 0.15) is 5.82 Å². The highest BCUT2D eigenvalue weighted by atomic mass is 32.2. The van der Waals surface area contributed by atoms with E-state index in [9.17, 15) is 9.18 Å². The van der Waals surface area contributed by atoms with E-state index >= 15 is 0 Å². The largest absolute Gasteiger partial charge is 0.343 e. The van der Waals surface area contributed by atoms with Gasteiger partial charge in [0.25, 0.3) is 0 Å². The Hall–Kier alpha value is -2.07. The molecule has 0 atom stereocenters. The lowest BCUT2D eigenvalue weighted by molar-refractivity contribution is 0.626. The number of aromatic nitrogens is 3. The molecule has 2 aromatic rings. The van der Waals surface area contributed by atoms with Gasteiger partial charge in [-0.1, -0.05) is 11.8 Å². The molecule has 0 radical (unpaired) electrons. The third-order valence-electron chi connectivity index (χ3n) is 2.38. The van der Waals surface area contributed by atoms with Crippen molar-refractivity contribution in [2.24, 2.45) is 7.05 Å². The Morgan fingerprint density at radius 3 is 3.00 bits per heavy atom. The third kappa shape index (κ3) is 2.43. The first-order valence-electron chi connectivity index (χ1n) is 5.04. The normalized spacial score (nSPS) is 10.3. The van der Waals surface area contributed by atoms with Gasteiger partial charge < -0.3 is 0 Å². The van der Waals surface area contributed by atoms with Gasteiger partial charge in [0, 0.05) is 12.8 Å². The van der Waals surface area contributed by atoms with Crippen LogP contribution in [0.4, 0.5) is 4.39 Å². The number of halogens is 1. The van der Waals surface area contributed by atoms with Crippen molar-refractivity contribution in [3.63, 3.8) is 0 Å². The van der Waals surface area contributed by atoms with E-state index in [4.69, 9.17) is 5.26 Å². The highest BCUT2D eigenvalue weighted by molar-refractivity contribution is 7.98. The first-order valence-corrected chi connectivity index (χ1v) is 6.03. The van der Waals surface area contributed by atoms with Crippen LogP contribution in [0.3, 0.4) is 0 Å². The summed E-state index contributed by atoms with van der Waals surface area (Å²) >= 11 is 1.26. The number of aromatic amines is 1. The molecule has 92 valence electrons. The van der Waals surface area contributed by atoms with Crippen molar-refractivity contribution < 1.29 is 4.39 Å². The fourth-order valence-corrected chi connectivity index (χ4v) is 2.30. The lowest BCUT2D eigenvalue weighted by Gasteiger charge is -2.03. The van der Waals surface area contributed by atoms with Crippen LogP contribution in [0.15, 0.2) is 28.2 Å². The molecule has 0 bridgehead atoms. The maximum Gasteiger partial charge on any atom is 0.343 e. The number of benzene rings is 1. The number of hydrogen-bond acceptors (Lipinski definition) is 4. The maximum absolute atomic E-state index is 13.1. The fraction of sp³-hybridized carbons (Fsp3) is 0.182. The molecule has 0 aliphatic carbocycles. The molecule has 18 heavy (non-hydrogen) atoms. The van der Waals surface area contributed by atoms with Gasteiger partial charge in [-0.2, -0.15) is 5.26 Å². The SMILES string of the molecule is Cn1c(SCc2cc(F)ccc2C#N)n[nH]c1=O. The minimum atomic E-state index is -0.388. The van der Waals surface area contributed by atoms with E-state index in [0.29, 0.717) is 22.0 Å². The molecule has 5 nitrogen and oxygen atoms in total. The lowest BCUT2D eigenvalue weighted by Crippen LogP contribution is -2.12. The maximum atomic E-state index is 13.1. The summed E-state index contributed by atoms with van der Waals surface area (Å²) in [6, 6.07) is 6.00. The zero-order valence-corrected chi connectivity index (χ0v) is 10.3. The van der Waals surface area contributed by atoms with Crippen molar-refractivity contribution in [1.82, 2.24) is 14.8 Å². The van der Waals surface area contributed by atoms with Crippen molar-refractivity contribution in [1.29, 1.82) is 5.26 Å². The predicted octanol–water partition coefficient (Wildman–Crippen LogP) is 1.41. The van der Waals surface area contributed by atoms with Gasteiger partial charge >= 0.3 is 5.69 Å². The van der Waals surface area contributed by atoms with Crippen molar-refractivity contribution >= 4 is 11.8 Å².